The predicted octanol–water partition coefficient (Wildman–Crippen LogP) is 1.83. The molecule has 7 nitrogen and oxygen atoms in total. The number of ether oxygens (including phenoxy) is 1. The lowest BCUT2D eigenvalue weighted by atomic mass is 9.98. The van der Waals surface area contributed by atoms with E-state index in [4.69, 9.17) is 4.74 Å². The molecule has 0 saturated carbocycles. The van der Waals surface area contributed by atoms with Crippen molar-refractivity contribution >= 4 is 22.4 Å². The zero-order valence-electron chi connectivity index (χ0n) is 13.2. The van der Waals surface area contributed by atoms with Crippen molar-refractivity contribution in [1.82, 2.24) is 20.0 Å². The van der Waals surface area contributed by atoms with Gasteiger partial charge in [-0.05, 0) is 31.2 Å². The molecule has 8 heteroatoms. The molecular weight excluding hydrogens is 314 g/mol. The number of aryl methyl sites for hydroxylation is 2. The van der Waals surface area contributed by atoms with E-state index >= 15 is 0 Å². The van der Waals surface area contributed by atoms with Crippen molar-refractivity contribution in [3.05, 3.63) is 22.5 Å². The number of aromatic nitrogens is 4. The van der Waals surface area contributed by atoms with E-state index in [9.17, 15) is 4.79 Å². The Balaban J connectivity index is 1.50. The molecule has 1 N–H and O–H groups in total. The molecule has 23 heavy (non-hydrogen) atoms. The van der Waals surface area contributed by atoms with Crippen LogP contribution in [0.25, 0.3) is 0 Å². The number of rotatable bonds is 7. The van der Waals surface area contributed by atoms with Crippen LogP contribution in [-0.4, -0.2) is 39.6 Å². The third kappa shape index (κ3) is 4.14. The van der Waals surface area contributed by atoms with Crippen LogP contribution in [0.15, 0.2) is 6.20 Å². The first kappa shape index (κ1) is 16.1. The summed E-state index contributed by atoms with van der Waals surface area (Å²) in [7, 11) is 1.65. The van der Waals surface area contributed by atoms with E-state index < -0.39 is 0 Å². The molecule has 0 fully saturated rings. The van der Waals surface area contributed by atoms with Gasteiger partial charge in [0.1, 0.15) is 5.01 Å². The van der Waals surface area contributed by atoms with Gasteiger partial charge in [-0.15, -0.1) is 10.2 Å². The molecule has 124 valence electrons. The smallest absolute Gasteiger partial charge is 0.228 e. The maximum atomic E-state index is 12.1. The van der Waals surface area contributed by atoms with Gasteiger partial charge < -0.3 is 10.1 Å². The highest BCUT2D eigenvalue weighted by atomic mass is 32.1. The first-order valence-electron chi connectivity index (χ1n) is 7.91. The molecule has 1 aliphatic carbocycles. The summed E-state index contributed by atoms with van der Waals surface area (Å²) < 4.78 is 6.97. The molecule has 1 amide bonds. The Labute approximate surface area is 139 Å². The van der Waals surface area contributed by atoms with Crippen LogP contribution in [0.4, 0.5) is 5.13 Å². The zero-order valence-corrected chi connectivity index (χ0v) is 14.1. The first-order valence-corrected chi connectivity index (χ1v) is 8.72. The van der Waals surface area contributed by atoms with Gasteiger partial charge in [-0.3, -0.25) is 9.48 Å². The third-order valence-corrected chi connectivity index (χ3v) is 4.83. The fraction of sp³-hybridized carbons (Fsp3) is 0.600. The summed E-state index contributed by atoms with van der Waals surface area (Å²) in [6.45, 7) is 1.21. The van der Waals surface area contributed by atoms with E-state index in [-0.39, 0.29) is 5.91 Å². The van der Waals surface area contributed by atoms with Crippen LogP contribution >= 0.6 is 11.3 Å². The lowest BCUT2D eigenvalue weighted by Gasteiger charge is -2.13. The third-order valence-electron chi connectivity index (χ3n) is 3.93. The van der Waals surface area contributed by atoms with Gasteiger partial charge in [0, 0.05) is 32.2 Å². The number of anilines is 1. The highest BCUT2D eigenvalue weighted by Crippen LogP contribution is 2.21. The minimum atomic E-state index is -0.0560. The Kier molecular flexibility index (Phi) is 5.35. The van der Waals surface area contributed by atoms with Crippen molar-refractivity contribution < 1.29 is 9.53 Å². The SMILES string of the molecule is COCCc1nnc(NC(=O)CCn2ncc3c2CCCC3)s1. The molecule has 0 aliphatic heterocycles. The Morgan fingerprint density at radius 1 is 1.39 bits per heavy atom. The lowest BCUT2D eigenvalue weighted by molar-refractivity contribution is -0.116. The van der Waals surface area contributed by atoms with Crippen molar-refractivity contribution in [3.63, 3.8) is 0 Å². The van der Waals surface area contributed by atoms with Gasteiger partial charge in [-0.1, -0.05) is 11.3 Å². The molecule has 0 spiro atoms. The zero-order chi connectivity index (χ0) is 16.1. The van der Waals surface area contributed by atoms with E-state index in [1.54, 1.807) is 7.11 Å². The average molecular weight is 335 g/mol. The first-order chi connectivity index (χ1) is 11.3. The molecule has 1 aliphatic rings. The van der Waals surface area contributed by atoms with Gasteiger partial charge >= 0.3 is 0 Å². The summed E-state index contributed by atoms with van der Waals surface area (Å²) in [4.78, 5) is 12.1. The summed E-state index contributed by atoms with van der Waals surface area (Å²) in [6.07, 6.45) is 7.66. The molecule has 2 aromatic rings. The number of carbonyl (C=O) groups excluding carboxylic acids is 1. The average Bonchev–Trinajstić information content (AvgIpc) is 3.18. The molecule has 0 atom stereocenters. The number of nitrogens with one attached hydrogen (secondary N) is 1. The van der Waals surface area contributed by atoms with Crippen molar-refractivity contribution in [2.75, 3.05) is 19.0 Å². The lowest BCUT2D eigenvalue weighted by Crippen LogP contribution is -2.17. The van der Waals surface area contributed by atoms with Gasteiger partial charge in [0.25, 0.3) is 0 Å². The van der Waals surface area contributed by atoms with Crippen LogP contribution in [0.3, 0.4) is 0 Å². The number of methoxy groups -OCH3 is 1. The topological polar surface area (TPSA) is 81.9 Å². The number of carbonyl (C=O) groups is 1. The quantitative estimate of drug-likeness (QED) is 0.835. The normalized spacial score (nSPS) is 13.8. The summed E-state index contributed by atoms with van der Waals surface area (Å²) in [5, 5.41) is 16.6. The van der Waals surface area contributed by atoms with Gasteiger partial charge in [0.05, 0.1) is 12.8 Å². The molecule has 2 heterocycles. The Bertz CT molecular complexity index is 667. The standard InChI is InChI=1S/C15H21N5O2S/c1-22-9-7-14-18-19-15(23-14)17-13(21)6-8-20-12-5-3-2-4-11(12)10-16-20/h10H,2-9H2,1H3,(H,17,19,21). The second-order valence-corrected chi connectivity index (χ2v) is 6.65. The highest BCUT2D eigenvalue weighted by Gasteiger charge is 2.15. The van der Waals surface area contributed by atoms with Crippen LogP contribution in [0.2, 0.25) is 0 Å². The molecule has 0 aromatic carbocycles. The maximum absolute atomic E-state index is 12.1. The maximum Gasteiger partial charge on any atom is 0.228 e. The van der Waals surface area contributed by atoms with E-state index in [1.165, 1.54) is 35.4 Å². The number of hydrogen-bond acceptors (Lipinski definition) is 6. The van der Waals surface area contributed by atoms with Crippen LogP contribution in [0, 0.1) is 0 Å². The minimum absolute atomic E-state index is 0.0560. The summed E-state index contributed by atoms with van der Waals surface area (Å²) in [5.74, 6) is -0.0560. The van der Waals surface area contributed by atoms with Gasteiger partial charge in [0.15, 0.2) is 0 Å². The summed E-state index contributed by atoms with van der Waals surface area (Å²) in [5.41, 5.74) is 2.63. The largest absolute Gasteiger partial charge is 0.384 e. The summed E-state index contributed by atoms with van der Waals surface area (Å²) in [6, 6.07) is 0. The van der Waals surface area contributed by atoms with Crippen molar-refractivity contribution in [2.24, 2.45) is 0 Å². The van der Waals surface area contributed by atoms with Crippen molar-refractivity contribution in [3.8, 4) is 0 Å². The molecule has 0 saturated heterocycles. The molecule has 0 unspecified atom stereocenters. The van der Waals surface area contributed by atoms with Crippen LogP contribution in [0.1, 0.15) is 35.5 Å². The van der Waals surface area contributed by atoms with E-state index in [1.807, 2.05) is 10.9 Å². The van der Waals surface area contributed by atoms with Crippen molar-refractivity contribution in [2.45, 2.75) is 45.1 Å². The fourth-order valence-electron chi connectivity index (χ4n) is 2.73. The number of amides is 1. The van der Waals surface area contributed by atoms with Gasteiger partial charge in [0.2, 0.25) is 11.0 Å². The minimum Gasteiger partial charge on any atom is -0.384 e. The second kappa shape index (κ2) is 7.65. The van der Waals surface area contributed by atoms with Gasteiger partial charge in [-0.2, -0.15) is 5.10 Å². The van der Waals surface area contributed by atoms with Crippen molar-refractivity contribution in [1.29, 1.82) is 0 Å². The van der Waals surface area contributed by atoms with E-state index in [0.717, 1.165) is 17.8 Å². The van der Waals surface area contributed by atoms with Crippen LogP contribution < -0.4 is 5.32 Å². The second-order valence-electron chi connectivity index (χ2n) is 5.59. The summed E-state index contributed by atoms with van der Waals surface area (Å²) >= 11 is 1.39. The number of fused-ring (bicyclic) bond motifs is 1. The van der Waals surface area contributed by atoms with E-state index in [0.29, 0.717) is 31.1 Å². The number of hydrogen-bond donors (Lipinski definition) is 1. The predicted molar refractivity (Wildman–Crippen MR) is 87.6 cm³/mol. The van der Waals surface area contributed by atoms with Gasteiger partial charge in [-0.25, -0.2) is 0 Å². The molecule has 0 radical (unpaired) electrons. The fourth-order valence-corrected chi connectivity index (χ4v) is 3.47. The Morgan fingerprint density at radius 3 is 3.13 bits per heavy atom. The molecule has 2 aromatic heterocycles. The number of nitrogens with zero attached hydrogens (tertiary/aromatic N) is 4. The molecule has 0 bridgehead atoms. The molecule has 3 rings (SSSR count). The monoisotopic (exact) mass is 335 g/mol. The highest BCUT2D eigenvalue weighted by molar-refractivity contribution is 7.15. The Morgan fingerprint density at radius 2 is 2.26 bits per heavy atom. The Hall–Kier alpha value is -1.80. The van der Waals surface area contributed by atoms with Crippen LogP contribution in [0.5, 0.6) is 0 Å². The van der Waals surface area contributed by atoms with E-state index in [2.05, 4.69) is 20.6 Å². The molecular formula is C15H21N5O2S. The van der Waals surface area contributed by atoms with Crippen LogP contribution in [-0.2, 0) is 35.3 Å².